The number of likely N-dealkylation sites (N-methyl/N-ethyl adjacent to an activating group) is 1. The minimum atomic E-state index is 0.321. The summed E-state index contributed by atoms with van der Waals surface area (Å²) < 4.78 is 0. The van der Waals surface area contributed by atoms with Crippen LogP contribution >= 0.6 is 0 Å². The monoisotopic (exact) mass is 212 g/mol. The molecule has 0 aromatic carbocycles. The number of nitrogens with zero attached hydrogens (tertiary/aromatic N) is 2. The number of likely N-dealkylation sites (tertiary alicyclic amines) is 1. The Kier molecular flexibility index (Phi) is 4.00. The summed E-state index contributed by atoms with van der Waals surface area (Å²) in [7, 11) is 2.18. The Morgan fingerprint density at radius 1 is 1.33 bits per heavy atom. The van der Waals surface area contributed by atoms with Gasteiger partial charge in [0.05, 0.1) is 0 Å². The molecule has 0 aromatic heterocycles. The van der Waals surface area contributed by atoms with E-state index in [1.54, 1.807) is 0 Å². The van der Waals surface area contributed by atoms with Crippen molar-refractivity contribution < 1.29 is 5.11 Å². The van der Waals surface area contributed by atoms with Crippen LogP contribution in [0.25, 0.3) is 0 Å². The highest BCUT2D eigenvalue weighted by atomic mass is 16.3. The van der Waals surface area contributed by atoms with Crippen LogP contribution in [0.2, 0.25) is 0 Å². The summed E-state index contributed by atoms with van der Waals surface area (Å²) in [6.07, 6.45) is 6.52. The van der Waals surface area contributed by atoms with Crippen molar-refractivity contribution in [1.82, 2.24) is 9.80 Å². The van der Waals surface area contributed by atoms with Crippen LogP contribution in [0, 0.1) is 0 Å². The number of aliphatic hydroxyl groups is 1. The first-order valence-corrected chi connectivity index (χ1v) is 6.36. The molecule has 2 rings (SSSR count). The molecule has 0 radical (unpaired) electrons. The van der Waals surface area contributed by atoms with Crippen LogP contribution < -0.4 is 0 Å². The molecule has 88 valence electrons. The molecule has 3 heteroatoms. The fraction of sp³-hybridized carbons (Fsp3) is 1.00. The van der Waals surface area contributed by atoms with E-state index in [0.717, 1.165) is 25.0 Å². The van der Waals surface area contributed by atoms with Crippen molar-refractivity contribution in [2.45, 2.75) is 44.2 Å². The lowest BCUT2D eigenvalue weighted by atomic mass is 10.2. The Morgan fingerprint density at radius 3 is 2.80 bits per heavy atom. The smallest absolute Gasteiger partial charge is 0.0443 e. The summed E-state index contributed by atoms with van der Waals surface area (Å²) in [6, 6.07) is 1.71. The van der Waals surface area contributed by atoms with Gasteiger partial charge in [-0.15, -0.1) is 0 Å². The second-order valence-electron chi connectivity index (χ2n) is 5.10. The Morgan fingerprint density at radius 2 is 2.13 bits per heavy atom. The van der Waals surface area contributed by atoms with E-state index in [9.17, 15) is 0 Å². The third-order valence-electron chi connectivity index (χ3n) is 3.66. The molecule has 1 unspecified atom stereocenters. The van der Waals surface area contributed by atoms with Crippen molar-refractivity contribution in [3.63, 3.8) is 0 Å². The Bertz CT molecular complexity index is 194. The van der Waals surface area contributed by atoms with Gasteiger partial charge in [-0.05, 0) is 45.7 Å². The van der Waals surface area contributed by atoms with Crippen molar-refractivity contribution in [2.24, 2.45) is 0 Å². The fourth-order valence-electron chi connectivity index (χ4n) is 2.73. The van der Waals surface area contributed by atoms with Gasteiger partial charge in [-0.2, -0.15) is 0 Å². The highest BCUT2D eigenvalue weighted by Gasteiger charge is 2.36. The molecule has 0 spiro atoms. The van der Waals surface area contributed by atoms with Gasteiger partial charge in [0.1, 0.15) is 0 Å². The molecule has 3 nitrogen and oxygen atoms in total. The van der Waals surface area contributed by atoms with Crippen LogP contribution in [0.5, 0.6) is 0 Å². The van der Waals surface area contributed by atoms with Crippen LogP contribution in [0.3, 0.4) is 0 Å². The zero-order valence-corrected chi connectivity index (χ0v) is 9.86. The van der Waals surface area contributed by atoms with E-state index in [1.807, 2.05) is 0 Å². The van der Waals surface area contributed by atoms with E-state index >= 15 is 0 Å². The van der Waals surface area contributed by atoms with E-state index in [-0.39, 0.29) is 0 Å². The number of aliphatic hydroxyl groups excluding tert-OH is 1. The third kappa shape index (κ3) is 3.16. The molecular formula is C12H24N2O. The van der Waals surface area contributed by atoms with Gasteiger partial charge in [0.25, 0.3) is 0 Å². The fourth-order valence-corrected chi connectivity index (χ4v) is 2.73. The minimum Gasteiger partial charge on any atom is -0.396 e. The van der Waals surface area contributed by atoms with E-state index in [2.05, 4.69) is 16.8 Å². The second kappa shape index (κ2) is 5.28. The number of hydrogen-bond acceptors (Lipinski definition) is 3. The SMILES string of the molecule is CN(CCCO)CC1CCCN1C1CC1. The van der Waals surface area contributed by atoms with Gasteiger partial charge in [0.2, 0.25) is 0 Å². The van der Waals surface area contributed by atoms with Crippen LogP contribution in [-0.2, 0) is 0 Å². The first-order chi connectivity index (χ1) is 7.31. The number of rotatable bonds is 6. The van der Waals surface area contributed by atoms with E-state index in [4.69, 9.17) is 5.11 Å². The highest BCUT2D eigenvalue weighted by molar-refractivity contribution is 4.93. The summed E-state index contributed by atoms with van der Waals surface area (Å²) in [5, 5.41) is 8.79. The summed E-state index contributed by atoms with van der Waals surface area (Å²) in [6.45, 7) is 3.87. The van der Waals surface area contributed by atoms with Gasteiger partial charge in [0, 0.05) is 31.8 Å². The largest absolute Gasteiger partial charge is 0.396 e. The van der Waals surface area contributed by atoms with Gasteiger partial charge in [-0.3, -0.25) is 4.90 Å². The summed E-state index contributed by atoms with van der Waals surface area (Å²) in [4.78, 5) is 5.09. The van der Waals surface area contributed by atoms with Crippen molar-refractivity contribution in [2.75, 3.05) is 33.3 Å². The lowest BCUT2D eigenvalue weighted by molar-refractivity contribution is 0.175. The maximum absolute atomic E-state index is 8.79. The van der Waals surface area contributed by atoms with Gasteiger partial charge in [-0.25, -0.2) is 0 Å². The zero-order valence-electron chi connectivity index (χ0n) is 9.86. The maximum Gasteiger partial charge on any atom is 0.0443 e. The summed E-state index contributed by atoms with van der Waals surface area (Å²) >= 11 is 0. The van der Waals surface area contributed by atoms with Crippen molar-refractivity contribution in [1.29, 1.82) is 0 Å². The Hall–Kier alpha value is -0.120. The molecule has 1 heterocycles. The van der Waals surface area contributed by atoms with Gasteiger partial charge in [-0.1, -0.05) is 0 Å². The summed E-state index contributed by atoms with van der Waals surface area (Å²) in [5.74, 6) is 0. The standard InChI is InChI=1S/C12H24N2O/c1-13(7-3-9-15)10-12-4-2-8-14(12)11-5-6-11/h11-12,15H,2-10H2,1H3. The molecule has 0 amide bonds. The molecule has 15 heavy (non-hydrogen) atoms. The molecule has 2 fully saturated rings. The third-order valence-corrected chi connectivity index (χ3v) is 3.66. The molecule has 1 atom stereocenters. The average molecular weight is 212 g/mol. The Balaban J connectivity index is 1.72. The van der Waals surface area contributed by atoms with Gasteiger partial charge >= 0.3 is 0 Å². The highest BCUT2D eigenvalue weighted by Crippen LogP contribution is 2.33. The van der Waals surface area contributed by atoms with Crippen LogP contribution in [-0.4, -0.2) is 60.3 Å². The van der Waals surface area contributed by atoms with Crippen molar-refractivity contribution in [3.05, 3.63) is 0 Å². The van der Waals surface area contributed by atoms with E-state index in [0.29, 0.717) is 6.61 Å². The van der Waals surface area contributed by atoms with Crippen LogP contribution in [0.1, 0.15) is 32.1 Å². The van der Waals surface area contributed by atoms with E-state index in [1.165, 1.54) is 38.8 Å². The Labute approximate surface area is 93.1 Å². The number of hydrogen-bond donors (Lipinski definition) is 1. The van der Waals surface area contributed by atoms with Gasteiger partial charge < -0.3 is 10.0 Å². The van der Waals surface area contributed by atoms with Crippen molar-refractivity contribution >= 4 is 0 Å². The molecule has 1 aliphatic heterocycles. The lowest BCUT2D eigenvalue weighted by Gasteiger charge is -2.28. The maximum atomic E-state index is 8.79. The van der Waals surface area contributed by atoms with Gasteiger partial charge in [0.15, 0.2) is 0 Å². The molecule has 1 saturated heterocycles. The molecule has 2 aliphatic rings. The minimum absolute atomic E-state index is 0.321. The average Bonchev–Trinajstić information content (AvgIpc) is 2.97. The van der Waals surface area contributed by atoms with Crippen LogP contribution in [0.4, 0.5) is 0 Å². The molecule has 0 aromatic rings. The second-order valence-corrected chi connectivity index (χ2v) is 5.10. The zero-order chi connectivity index (χ0) is 10.7. The molecule has 0 bridgehead atoms. The first kappa shape index (κ1) is 11.4. The molecule has 1 saturated carbocycles. The first-order valence-electron chi connectivity index (χ1n) is 6.36. The van der Waals surface area contributed by atoms with Crippen molar-refractivity contribution in [3.8, 4) is 0 Å². The quantitative estimate of drug-likeness (QED) is 0.709. The lowest BCUT2D eigenvalue weighted by Crippen LogP contribution is -2.40. The molecule has 1 N–H and O–H groups in total. The predicted molar refractivity (Wildman–Crippen MR) is 61.9 cm³/mol. The molecular weight excluding hydrogens is 188 g/mol. The topological polar surface area (TPSA) is 26.7 Å². The molecule has 1 aliphatic carbocycles. The predicted octanol–water partition coefficient (Wildman–Crippen LogP) is 0.927. The normalized spacial score (nSPS) is 27.8. The van der Waals surface area contributed by atoms with Crippen LogP contribution in [0.15, 0.2) is 0 Å². The van der Waals surface area contributed by atoms with E-state index < -0.39 is 0 Å². The summed E-state index contributed by atoms with van der Waals surface area (Å²) in [5.41, 5.74) is 0.